The number of anilines is 2. The number of hydrogen-bond donors (Lipinski definition) is 1. The average molecular weight is 385 g/mol. The van der Waals surface area contributed by atoms with Gasteiger partial charge in [-0.2, -0.15) is 0 Å². The van der Waals surface area contributed by atoms with Crippen LogP contribution in [0.3, 0.4) is 0 Å². The number of fused-ring (bicyclic) bond motifs is 1. The molecule has 0 aromatic heterocycles. The van der Waals surface area contributed by atoms with Crippen LogP contribution in [0.15, 0.2) is 49.0 Å². The van der Waals surface area contributed by atoms with Crippen molar-refractivity contribution >= 4 is 33.4 Å². The van der Waals surface area contributed by atoms with Gasteiger partial charge >= 0.3 is 0 Å². The molecule has 142 valence electrons. The lowest BCUT2D eigenvalue weighted by atomic mass is 10.0. The SMILES string of the molecule is C=Cc1ccc(CS(=O)(=O)Nc2ccc3c(c2)CCC(=O)N3CCC)cc1. The smallest absolute Gasteiger partial charge is 0.236 e. The summed E-state index contributed by atoms with van der Waals surface area (Å²) in [7, 11) is -3.52. The van der Waals surface area contributed by atoms with Gasteiger partial charge in [0.15, 0.2) is 0 Å². The van der Waals surface area contributed by atoms with Crippen LogP contribution in [0.2, 0.25) is 0 Å². The fraction of sp³-hybridized carbons (Fsp3) is 0.286. The molecule has 0 bridgehead atoms. The molecule has 0 fully saturated rings. The second kappa shape index (κ2) is 7.96. The Hall–Kier alpha value is -2.60. The monoisotopic (exact) mass is 384 g/mol. The summed E-state index contributed by atoms with van der Waals surface area (Å²) in [4.78, 5) is 13.9. The predicted molar refractivity (Wildman–Crippen MR) is 110 cm³/mol. The van der Waals surface area contributed by atoms with Crippen LogP contribution in [0.5, 0.6) is 0 Å². The van der Waals surface area contributed by atoms with Gasteiger partial charge in [-0.25, -0.2) is 8.42 Å². The molecule has 1 N–H and O–H groups in total. The minimum absolute atomic E-state index is 0.0953. The minimum atomic E-state index is -3.52. The Balaban J connectivity index is 1.76. The van der Waals surface area contributed by atoms with Crippen LogP contribution in [0.1, 0.15) is 36.5 Å². The van der Waals surface area contributed by atoms with Crippen LogP contribution in [0.4, 0.5) is 11.4 Å². The van der Waals surface area contributed by atoms with E-state index in [9.17, 15) is 13.2 Å². The van der Waals surface area contributed by atoms with Gasteiger partial charge in [0.2, 0.25) is 15.9 Å². The molecule has 0 saturated carbocycles. The lowest BCUT2D eigenvalue weighted by Gasteiger charge is -2.29. The number of rotatable bonds is 7. The number of carbonyl (C=O) groups is 1. The van der Waals surface area contributed by atoms with Crippen molar-refractivity contribution in [1.82, 2.24) is 0 Å². The summed E-state index contributed by atoms with van der Waals surface area (Å²) in [6.07, 6.45) is 3.69. The van der Waals surface area contributed by atoms with E-state index < -0.39 is 10.0 Å². The van der Waals surface area contributed by atoms with Gasteiger partial charge in [-0.15, -0.1) is 0 Å². The van der Waals surface area contributed by atoms with Crippen molar-refractivity contribution in [3.63, 3.8) is 0 Å². The van der Waals surface area contributed by atoms with Gasteiger partial charge in [-0.1, -0.05) is 43.8 Å². The maximum absolute atomic E-state index is 12.5. The van der Waals surface area contributed by atoms with Crippen molar-refractivity contribution in [3.8, 4) is 0 Å². The quantitative estimate of drug-likeness (QED) is 0.786. The van der Waals surface area contributed by atoms with E-state index in [1.165, 1.54) is 0 Å². The molecule has 1 aliphatic rings. The summed E-state index contributed by atoms with van der Waals surface area (Å²) in [5, 5.41) is 0. The molecule has 5 nitrogen and oxygen atoms in total. The van der Waals surface area contributed by atoms with Crippen LogP contribution in [0, 0.1) is 0 Å². The number of sulfonamides is 1. The van der Waals surface area contributed by atoms with E-state index in [1.807, 2.05) is 31.2 Å². The van der Waals surface area contributed by atoms with Crippen molar-refractivity contribution in [1.29, 1.82) is 0 Å². The first-order valence-corrected chi connectivity index (χ1v) is 10.7. The topological polar surface area (TPSA) is 66.5 Å². The van der Waals surface area contributed by atoms with E-state index in [0.717, 1.165) is 23.2 Å². The van der Waals surface area contributed by atoms with Crippen molar-refractivity contribution in [3.05, 3.63) is 65.7 Å². The van der Waals surface area contributed by atoms with E-state index in [1.54, 1.807) is 29.2 Å². The Bertz CT molecular complexity index is 950. The highest BCUT2D eigenvalue weighted by molar-refractivity contribution is 7.91. The zero-order valence-electron chi connectivity index (χ0n) is 15.4. The average Bonchev–Trinajstić information content (AvgIpc) is 2.64. The number of hydrogen-bond acceptors (Lipinski definition) is 3. The van der Waals surface area contributed by atoms with Gasteiger partial charge in [0.05, 0.1) is 5.75 Å². The Labute approximate surface area is 160 Å². The lowest BCUT2D eigenvalue weighted by Crippen LogP contribution is -2.35. The number of benzene rings is 2. The molecule has 6 heteroatoms. The number of amides is 1. The lowest BCUT2D eigenvalue weighted by molar-refractivity contribution is -0.118. The zero-order valence-corrected chi connectivity index (χ0v) is 16.3. The molecule has 2 aromatic rings. The van der Waals surface area contributed by atoms with Crippen molar-refractivity contribution in [2.45, 2.75) is 31.9 Å². The molecular weight excluding hydrogens is 360 g/mol. The maximum Gasteiger partial charge on any atom is 0.236 e. The number of carbonyl (C=O) groups excluding carboxylic acids is 1. The summed E-state index contributed by atoms with van der Waals surface area (Å²) >= 11 is 0. The fourth-order valence-corrected chi connectivity index (χ4v) is 4.47. The van der Waals surface area contributed by atoms with Gasteiger partial charge in [-0.05, 0) is 47.7 Å². The van der Waals surface area contributed by atoms with Crippen LogP contribution >= 0.6 is 0 Å². The van der Waals surface area contributed by atoms with Crippen molar-refractivity contribution < 1.29 is 13.2 Å². The summed E-state index contributed by atoms with van der Waals surface area (Å²) in [5.41, 5.74) is 4.08. The van der Waals surface area contributed by atoms with E-state index in [2.05, 4.69) is 11.3 Å². The molecule has 1 aliphatic heterocycles. The normalized spacial score (nSPS) is 14.0. The summed E-state index contributed by atoms with van der Waals surface area (Å²) < 4.78 is 27.7. The molecule has 1 amide bonds. The second-order valence-corrected chi connectivity index (χ2v) is 8.42. The van der Waals surface area contributed by atoms with Crippen LogP contribution < -0.4 is 9.62 Å². The summed E-state index contributed by atoms with van der Waals surface area (Å²) in [6, 6.07) is 12.7. The fourth-order valence-electron chi connectivity index (χ4n) is 3.28. The highest BCUT2D eigenvalue weighted by atomic mass is 32.2. The zero-order chi connectivity index (χ0) is 19.4. The molecule has 0 spiro atoms. The Kier molecular flexibility index (Phi) is 5.65. The molecule has 2 aromatic carbocycles. The van der Waals surface area contributed by atoms with Gasteiger partial charge in [-0.3, -0.25) is 9.52 Å². The summed E-state index contributed by atoms with van der Waals surface area (Å²) in [5.74, 6) is 0.0303. The van der Waals surface area contributed by atoms with Gasteiger partial charge in [0.25, 0.3) is 0 Å². The molecule has 0 atom stereocenters. The minimum Gasteiger partial charge on any atom is -0.312 e. The van der Waals surface area contributed by atoms with Crippen molar-refractivity contribution in [2.75, 3.05) is 16.2 Å². The van der Waals surface area contributed by atoms with E-state index in [-0.39, 0.29) is 11.7 Å². The largest absolute Gasteiger partial charge is 0.312 e. The molecule has 27 heavy (non-hydrogen) atoms. The molecular formula is C21H24N2O3S. The van der Waals surface area contributed by atoms with E-state index >= 15 is 0 Å². The molecule has 0 aliphatic carbocycles. The number of nitrogens with zero attached hydrogens (tertiary/aromatic N) is 1. The van der Waals surface area contributed by atoms with Crippen LogP contribution in [-0.4, -0.2) is 20.9 Å². The third-order valence-electron chi connectivity index (χ3n) is 4.57. The standard InChI is InChI=1S/C21H24N2O3S/c1-3-13-23-20-11-10-19(14-18(20)9-12-21(23)24)22-27(25,26)15-17-7-5-16(4-2)6-8-17/h4-8,10-11,14,22H,2-3,9,12-13,15H2,1H3. The maximum atomic E-state index is 12.5. The first-order chi connectivity index (χ1) is 12.9. The molecule has 0 radical (unpaired) electrons. The van der Waals surface area contributed by atoms with E-state index in [4.69, 9.17) is 0 Å². The highest BCUT2D eigenvalue weighted by Gasteiger charge is 2.24. The molecule has 3 rings (SSSR count). The number of nitrogens with one attached hydrogen (secondary N) is 1. The van der Waals surface area contributed by atoms with Crippen LogP contribution in [-0.2, 0) is 27.0 Å². The van der Waals surface area contributed by atoms with Crippen molar-refractivity contribution in [2.24, 2.45) is 0 Å². The van der Waals surface area contributed by atoms with Gasteiger partial charge in [0, 0.05) is 24.3 Å². The second-order valence-electron chi connectivity index (χ2n) is 6.70. The van der Waals surface area contributed by atoms with Gasteiger partial charge in [0.1, 0.15) is 0 Å². The Morgan fingerprint density at radius 3 is 2.56 bits per heavy atom. The first-order valence-electron chi connectivity index (χ1n) is 9.07. The van der Waals surface area contributed by atoms with Gasteiger partial charge < -0.3 is 4.90 Å². The Morgan fingerprint density at radius 2 is 1.89 bits per heavy atom. The highest BCUT2D eigenvalue weighted by Crippen LogP contribution is 2.31. The van der Waals surface area contributed by atoms with E-state index in [0.29, 0.717) is 30.6 Å². The summed E-state index contributed by atoms with van der Waals surface area (Å²) in [6.45, 7) is 6.40. The molecule has 0 saturated heterocycles. The third-order valence-corrected chi connectivity index (χ3v) is 5.83. The Morgan fingerprint density at radius 1 is 1.15 bits per heavy atom. The molecule has 1 heterocycles. The first kappa shape index (κ1) is 19.2. The number of aryl methyl sites for hydroxylation is 1. The predicted octanol–water partition coefficient (Wildman–Crippen LogP) is 3.96. The van der Waals surface area contributed by atoms with Crippen LogP contribution in [0.25, 0.3) is 6.08 Å². The third kappa shape index (κ3) is 4.57. The molecule has 0 unspecified atom stereocenters.